The van der Waals surface area contributed by atoms with E-state index in [4.69, 9.17) is 9.47 Å². The Morgan fingerprint density at radius 3 is 2.52 bits per heavy atom. The van der Waals surface area contributed by atoms with Gasteiger partial charge in [0.15, 0.2) is 0 Å². The lowest BCUT2D eigenvalue weighted by molar-refractivity contribution is 0.211. The number of hydrogen-bond donors (Lipinski definition) is 1. The van der Waals surface area contributed by atoms with E-state index < -0.39 is 0 Å². The van der Waals surface area contributed by atoms with Crippen molar-refractivity contribution in [2.45, 2.75) is 46.1 Å². The molecular formula is C18H29NO2. The lowest BCUT2D eigenvalue weighted by Gasteiger charge is -2.38. The molecule has 0 amide bonds. The standard InChI is InChI=1S/C18H29NO2/c1-12(2)15-8-6-13(3)10-16(15)19-17-11-14(20-4)7-9-18(17)21-5/h7,9,11-13,15-16,19H,6,8,10H2,1-5H3. The molecule has 0 saturated heterocycles. The molecule has 1 aliphatic carbocycles. The number of benzene rings is 1. The lowest BCUT2D eigenvalue weighted by Crippen LogP contribution is -2.37. The molecule has 118 valence electrons. The predicted molar refractivity (Wildman–Crippen MR) is 88.3 cm³/mol. The number of anilines is 1. The van der Waals surface area contributed by atoms with Crippen LogP contribution in [0.15, 0.2) is 18.2 Å². The molecule has 0 aromatic heterocycles. The normalized spacial score (nSPS) is 25.7. The SMILES string of the molecule is COc1ccc(OC)c(NC2CC(C)CCC2C(C)C)c1. The third-order valence-electron chi connectivity index (χ3n) is 4.77. The van der Waals surface area contributed by atoms with E-state index in [0.29, 0.717) is 12.0 Å². The Labute approximate surface area is 129 Å². The van der Waals surface area contributed by atoms with Crippen molar-refractivity contribution in [3.8, 4) is 11.5 Å². The Kier molecular flexibility index (Phi) is 5.38. The molecule has 1 saturated carbocycles. The van der Waals surface area contributed by atoms with Crippen LogP contribution < -0.4 is 14.8 Å². The fraction of sp³-hybridized carbons (Fsp3) is 0.667. The van der Waals surface area contributed by atoms with E-state index >= 15 is 0 Å². The molecule has 1 N–H and O–H groups in total. The van der Waals surface area contributed by atoms with Crippen LogP contribution in [0.3, 0.4) is 0 Å². The molecule has 1 aromatic rings. The fourth-order valence-electron chi connectivity index (χ4n) is 3.49. The summed E-state index contributed by atoms with van der Waals surface area (Å²) in [5.74, 6) is 3.96. The van der Waals surface area contributed by atoms with Gasteiger partial charge in [0.2, 0.25) is 0 Å². The van der Waals surface area contributed by atoms with Crippen molar-refractivity contribution in [3.05, 3.63) is 18.2 Å². The van der Waals surface area contributed by atoms with Gasteiger partial charge in [-0.15, -0.1) is 0 Å². The van der Waals surface area contributed by atoms with Crippen LogP contribution in [0.4, 0.5) is 5.69 Å². The van der Waals surface area contributed by atoms with E-state index in [0.717, 1.165) is 29.0 Å². The van der Waals surface area contributed by atoms with Crippen molar-refractivity contribution in [3.63, 3.8) is 0 Å². The number of nitrogens with one attached hydrogen (secondary N) is 1. The second kappa shape index (κ2) is 7.06. The van der Waals surface area contributed by atoms with E-state index in [2.05, 4.69) is 26.1 Å². The molecule has 3 nitrogen and oxygen atoms in total. The topological polar surface area (TPSA) is 30.5 Å². The third kappa shape index (κ3) is 3.84. The minimum Gasteiger partial charge on any atom is -0.497 e. The number of ether oxygens (including phenoxy) is 2. The molecule has 1 aliphatic rings. The predicted octanol–water partition coefficient (Wildman–Crippen LogP) is 4.58. The molecule has 0 spiro atoms. The van der Waals surface area contributed by atoms with Gasteiger partial charge >= 0.3 is 0 Å². The summed E-state index contributed by atoms with van der Waals surface area (Å²) < 4.78 is 10.8. The maximum Gasteiger partial charge on any atom is 0.142 e. The zero-order valence-electron chi connectivity index (χ0n) is 14.0. The first-order valence-corrected chi connectivity index (χ1v) is 8.03. The molecule has 21 heavy (non-hydrogen) atoms. The Morgan fingerprint density at radius 1 is 1.14 bits per heavy atom. The summed E-state index contributed by atoms with van der Waals surface area (Å²) in [5.41, 5.74) is 1.04. The monoisotopic (exact) mass is 291 g/mol. The van der Waals surface area contributed by atoms with Gasteiger partial charge < -0.3 is 14.8 Å². The summed E-state index contributed by atoms with van der Waals surface area (Å²) in [6, 6.07) is 6.45. The molecule has 0 bridgehead atoms. The molecule has 3 unspecified atom stereocenters. The summed E-state index contributed by atoms with van der Waals surface area (Å²) in [4.78, 5) is 0. The van der Waals surface area contributed by atoms with Crippen LogP contribution in [0.1, 0.15) is 40.0 Å². The van der Waals surface area contributed by atoms with Gasteiger partial charge in [0.1, 0.15) is 11.5 Å². The van der Waals surface area contributed by atoms with Gasteiger partial charge in [0, 0.05) is 12.1 Å². The summed E-state index contributed by atoms with van der Waals surface area (Å²) in [5, 5.41) is 3.73. The van der Waals surface area contributed by atoms with E-state index in [1.807, 2.05) is 18.2 Å². The second-order valence-corrected chi connectivity index (χ2v) is 6.64. The van der Waals surface area contributed by atoms with Gasteiger partial charge in [-0.2, -0.15) is 0 Å². The molecular weight excluding hydrogens is 262 g/mol. The van der Waals surface area contributed by atoms with Crippen LogP contribution in [-0.4, -0.2) is 20.3 Å². The smallest absolute Gasteiger partial charge is 0.142 e. The van der Waals surface area contributed by atoms with Crippen LogP contribution >= 0.6 is 0 Å². The van der Waals surface area contributed by atoms with Crippen LogP contribution in [-0.2, 0) is 0 Å². The maximum absolute atomic E-state index is 5.49. The Morgan fingerprint density at radius 2 is 1.90 bits per heavy atom. The van der Waals surface area contributed by atoms with E-state index in [9.17, 15) is 0 Å². The van der Waals surface area contributed by atoms with Gasteiger partial charge in [0.25, 0.3) is 0 Å². The van der Waals surface area contributed by atoms with Gasteiger partial charge in [-0.25, -0.2) is 0 Å². The fourth-order valence-corrected chi connectivity index (χ4v) is 3.49. The van der Waals surface area contributed by atoms with E-state index in [1.54, 1.807) is 14.2 Å². The van der Waals surface area contributed by atoms with Crippen molar-refractivity contribution < 1.29 is 9.47 Å². The van der Waals surface area contributed by atoms with Gasteiger partial charge in [-0.05, 0) is 42.7 Å². The van der Waals surface area contributed by atoms with E-state index in [-0.39, 0.29) is 0 Å². The first-order valence-electron chi connectivity index (χ1n) is 8.03. The van der Waals surface area contributed by atoms with Gasteiger partial charge in [0.05, 0.1) is 19.9 Å². The van der Waals surface area contributed by atoms with Gasteiger partial charge in [-0.1, -0.05) is 27.2 Å². The van der Waals surface area contributed by atoms with Crippen molar-refractivity contribution in [1.29, 1.82) is 0 Å². The third-order valence-corrected chi connectivity index (χ3v) is 4.77. The zero-order chi connectivity index (χ0) is 15.4. The Balaban J connectivity index is 2.21. The van der Waals surface area contributed by atoms with Crippen molar-refractivity contribution in [1.82, 2.24) is 0 Å². The zero-order valence-corrected chi connectivity index (χ0v) is 14.0. The molecule has 0 radical (unpaired) electrons. The molecule has 2 rings (SSSR count). The number of rotatable bonds is 5. The van der Waals surface area contributed by atoms with Crippen molar-refractivity contribution in [2.75, 3.05) is 19.5 Å². The first kappa shape index (κ1) is 16.0. The largest absolute Gasteiger partial charge is 0.497 e. The average Bonchev–Trinajstić information content (AvgIpc) is 2.47. The second-order valence-electron chi connectivity index (χ2n) is 6.64. The highest BCUT2D eigenvalue weighted by atomic mass is 16.5. The number of hydrogen-bond acceptors (Lipinski definition) is 3. The summed E-state index contributed by atoms with van der Waals surface area (Å²) in [6.07, 6.45) is 3.88. The van der Waals surface area contributed by atoms with Crippen LogP contribution in [0.5, 0.6) is 11.5 Å². The van der Waals surface area contributed by atoms with Crippen LogP contribution in [0, 0.1) is 17.8 Å². The maximum atomic E-state index is 5.49. The summed E-state index contributed by atoms with van der Waals surface area (Å²) in [7, 11) is 3.42. The van der Waals surface area contributed by atoms with Gasteiger partial charge in [-0.3, -0.25) is 0 Å². The molecule has 1 aromatic carbocycles. The summed E-state index contributed by atoms with van der Waals surface area (Å²) >= 11 is 0. The lowest BCUT2D eigenvalue weighted by atomic mass is 9.74. The highest BCUT2D eigenvalue weighted by Gasteiger charge is 2.31. The minimum absolute atomic E-state index is 0.509. The highest BCUT2D eigenvalue weighted by molar-refractivity contribution is 5.60. The average molecular weight is 291 g/mol. The Bertz CT molecular complexity index is 459. The molecule has 0 aliphatic heterocycles. The quantitative estimate of drug-likeness (QED) is 0.861. The molecule has 3 atom stereocenters. The number of methoxy groups -OCH3 is 2. The first-order chi connectivity index (χ1) is 10.0. The molecule has 3 heteroatoms. The highest BCUT2D eigenvalue weighted by Crippen LogP contribution is 2.37. The minimum atomic E-state index is 0.509. The van der Waals surface area contributed by atoms with Crippen LogP contribution in [0.25, 0.3) is 0 Å². The van der Waals surface area contributed by atoms with Crippen molar-refractivity contribution in [2.24, 2.45) is 17.8 Å². The summed E-state index contributed by atoms with van der Waals surface area (Å²) in [6.45, 7) is 7.02. The molecule has 0 heterocycles. The van der Waals surface area contributed by atoms with Crippen molar-refractivity contribution >= 4 is 5.69 Å². The Hall–Kier alpha value is -1.38. The molecule has 1 fully saturated rings. The van der Waals surface area contributed by atoms with Crippen LogP contribution in [0.2, 0.25) is 0 Å². The van der Waals surface area contributed by atoms with E-state index in [1.165, 1.54) is 19.3 Å².